The number of aliphatic hydroxyl groups is 1. The standard InChI is InChI=1S/C12H19N5O7.C2H5NO/c1-5(18)9(11(21)22)15-12(23)14-4-7-16-17-10(24-7)6(13)2-3-8(19)20;1-2(3)4/h5-6,9,18H,2-4,13H2,1H3,(H,19,20)(H,21,22)(H2,14,15,23);1H3,(H2,3,4). The first-order valence-electron chi connectivity index (χ1n) is 7.94. The highest BCUT2D eigenvalue weighted by Gasteiger charge is 2.25. The van der Waals surface area contributed by atoms with Gasteiger partial charge in [-0.25, -0.2) is 9.59 Å². The number of hydrogen-bond acceptors (Lipinski definition) is 9. The lowest BCUT2D eigenvalue weighted by molar-refractivity contribution is -0.142. The molecule has 1 aromatic rings. The van der Waals surface area contributed by atoms with E-state index < -0.39 is 36.2 Å². The average Bonchev–Trinajstić information content (AvgIpc) is 3.03. The minimum absolute atomic E-state index is 0.00912. The molecule has 0 aromatic carbocycles. The Bertz CT molecular complexity index is 673. The summed E-state index contributed by atoms with van der Waals surface area (Å²) in [7, 11) is 0. The molecule has 0 spiro atoms. The number of carboxylic acids is 2. The summed E-state index contributed by atoms with van der Waals surface area (Å²) in [5.41, 5.74) is 10.2. The molecule has 14 nitrogen and oxygen atoms in total. The van der Waals surface area contributed by atoms with Crippen molar-refractivity contribution in [3.05, 3.63) is 11.8 Å². The Kier molecular flexibility index (Phi) is 10.8. The van der Waals surface area contributed by atoms with Crippen molar-refractivity contribution in [2.45, 2.75) is 51.4 Å². The van der Waals surface area contributed by atoms with Crippen molar-refractivity contribution in [1.82, 2.24) is 20.8 Å². The zero-order chi connectivity index (χ0) is 21.9. The third-order valence-electron chi connectivity index (χ3n) is 2.90. The van der Waals surface area contributed by atoms with E-state index >= 15 is 0 Å². The van der Waals surface area contributed by atoms with Crippen LogP contribution in [-0.2, 0) is 20.9 Å². The van der Waals surface area contributed by atoms with Crippen molar-refractivity contribution in [3.63, 3.8) is 0 Å². The molecular formula is C14H24N6O8. The summed E-state index contributed by atoms with van der Waals surface area (Å²) in [4.78, 5) is 42.1. The number of aliphatic hydroxyl groups excluding tert-OH is 1. The Morgan fingerprint density at radius 2 is 1.79 bits per heavy atom. The number of nitrogens with zero attached hydrogens (tertiary/aromatic N) is 2. The molecule has 158 valence electrons. The SMILES string of the molecule is CC(N)=O.CC(O)C(NC(=O)NCc1nnc(C(N)CCC(=O)O)o1)C(=O)O. The van der Waals surface area contributed by atoms with Crippen LogP contribution in [0.25, 0.3) is 0 Å². The van der Waals surface area contributed by atoms with Gasteiger partial charge in [0.1, 0.15) is 0 Å². The predicted octanol–water partition coefficient (Wildman–Crippen LogP) is -1.94. The van der Waals surface area contributed by atoms with Crippen LogP contribution in [0, 0.1) is 0 Å². The number of aromatic nitrogens is 2. The number of carbonyl (C=O) groups is 4. The molecule has 0 bridgehead atoms. The first kappa shape index (κ1) is 24.7. The summed E-state index contributed by atoms with van der Waals surface area (Å²) in [6.07, 6.45) is -1.33. The van der Waals surface area contributed by atoms with Gasteiger partial charge in [0, 0.05) is 13.3 Å². The van der Waals surface area contributed by atoms with E-state index in [-0.39, 0.29) is 37.1 Å². The molecule has 0 saturated carbocycles. The van der Waals surface area contributed by atoms with Crippen LogP contribution >= 0.6 is 0 Å². The van der Waals surface area contributed by atoms with Gasteiger partial charge < -0.3 is 41.8 Å². The highest BCUT2D eigenvalue weighted by atomic mass is 16.4. The van der Waals surface area contributed by atoms with E-state index in [4.69, 9.17) is 20.4 Å². The molecule has 0 aliphatic rings. The van der Waals surface area contributed by atoms with Crippen LogP contribution in [0.2, 0.25) is 0 Å². The topological polar surface area (TPSA) is 244 Å². The molecule has 9 N–H and O–H groups in total. The fraction of sp³-hybridized carbons (Fsp3) is 0.571. The number of aliphatic carboxylic acids is 2. The monoisotopic (exact) mass is 404 g/mol. The summed E-state index contributed by atoms with van der Waals surface area (Å²) in [6.45, 7) is 2.33. The quantitative estimate of drug-likeness (QED) is 0.238. The van der Waals surface area contributed by atoms with Gasteiger partial charge in [0.2, 0.25) is 17.7 Å². The van der Waals surface area contributed by atoms with Crippen LogP contribution in [0.4, 0.5) is 4.79 Å². The lowest BCUT2D eigenvalue weighted by Gasteiger charge is -2.16. The fourth-order valence-electron chi connectivity index (χ4n) is 1.63. The Labute approximate surface area is 159 Å². The third kappa shape index (κ3) is 10.7. The van der Waals surface area contributed by atoms with Crippen LogP contribution in [0.15, 0.2) is 4.42 Å². The zero-order valence-corrected chi connectivity index (χ0v) is 15.3. The maximum atomic E-state index is 11.6. The summed E-state index contributed by atoms with van der Waals surface area (Å²) in [5.74, 6) is -2.69. The number of primary amides is 1. The summed E-state index contributed by atoms with van der Waals surface area (Å²) >= 11 is 0. The van der Waals surface area contributed by atoms with Crippen LogP contribution in [-0.4, -0.2) is 61.5 Å². The summed E-state index contributed by atoms with van der Waals surface area (Å²) < 4.78 is 5.18. The van der Waals surface area contributed by atoms with Gasteiger partial charge in [0.05, 0.1) is 18.7 Å². The van der Waals surface area contributed by atoms with Gasteiger partial charge in [-0.1, -0.05) is 0 Å². The molecule has 0 aliphatic carbocycles. The maximum Gasteiger partial charge on any atom is 0.328 e. The molecule has 0 radical (unpaired) electrons. The first-order valence-corrected chi connectivity index (χ1v) is 7.94. The van der Waals surface area contributed by atoms with Crippen molar-refractivity contribution < 1.29 is 38.9 Å². The fourth-order valence-corrected chi connectivity index (χ4v) is 1.63. The van der Waals surface area contributed by atoms with Crippen LogP contribution < -0.4 is 22.1 Å². The van der Waals surface area contributed by atoms with Gasteiger partial charge in [0.25, 0.3) is 0 Å². The summed E-state index contributed by atoms with van der Waals surface area (Å²) in [6, 6.07) is -3.06. The largest absolute Gasteiger partial charge is 0.481 e. The molecule has 0 saturated heterocycles. The van der Waals surface area contributed by atoms with Gasteiger partial charge in [-0.3, -0.25) is 9.59 Å². The lowest BCUT2D eigenvalue weighted by atomic mass is 10.2. The Balaban J connectivity index is 0.00000165. The second-order valence-corrected chi connectivity index (χ2v) is 5.57. The molecule has 3 unspecified atom stereocenters. The molecule has 3 atom stereocenters. The van der Waals surface area contributed by atoms with E-state index in [0.717, 1.165) is 0 Å². The number of nitrogens with two attached hydrogens (primary N) is 2. The van der Waals surface area contributed by atoms with Crippen molar-refractivity contribution in [3.8, 4) is 0 Å². The van der Waals surface area contributed by atoms with Gasteiger partial charge in [-0.2, -0.15) is 0 Å². The number of carboxylic acid groups (broad SMARTS) is 2. The number of amides is 3. The minimum Gasteiger partial charge on any atom is -0.481 e. The van der Waals surface area contributed by atoms with Gasteiger partial charge >= 0.3 is 18.0 Å². The number of carbonyl (C=O) groups excluding carboxylic acids is 2. The number of hydrogen-bond donors (Lipinski definition) is 7. The molecule has 0 fully saturated rings. The second-order valence-electron chi connectivity index (χ2n) is 5.57. The average molecular weight is 404 g/mol. The van der Waals surface area contributed by atoms with Crippen LogP contribution in [0.1, 0.15) is 44.5 Å². The van der Waals surface area contributed by atoms with Gasteiger partial charge in [-0.05, 0) is 13.3 Å². The highest BCUT2D eigenvalue weighted by Crippen LogP contribution is 2.14. The molecule has 0 aliphatic heterocycles. The molecule has 14 heteroatoms. The van der Waals surface area contributed by atoms with Gasteiger partial charge in [0.15, 0.2) is 6.04 Å². The van der Waals surface area contributed by atoms with Crippen molar-refractivity contribution >= 4 is 23.9 Å². The predicted molar refractivity (Wildman–Crippen MR) is 91.4 cm³/mol. The zero-order valence-electron chi connectivity index (χ0n) is 15.3. The Morgan fingerprint density at radius 3 is 2.25 bits per heavy atom. The van der Waals surface area contributed by atoms with E-state index in [1.165, 1.54) is 13.8 Å². The molecule has 1 rings (SSSR count). The van der Waals surface area contributed by atoms with Crippen LogP contribution in [0.3, 0.4) is 0 Å². The Hall–Kier alpha value is -3.26. The number of urea groups is 1. The minimum atomic E-state index is -1.47. The van der Waals surface area contributed by atoms with Crippen molar-refractivity contribution in [1.29, 1.82) is 0 Å². The molecular weight excluding hydrogens is 380 g/mol. The number of nitrogens with one attached hydrogen (secondary N) is 2. The van der Waals surface area contributed by atoms with E-state index in [1.54, 1.807) is 0 Å². The summed E-state index contributed by atoms with van der Waals surface area (Å²) in [5, 5.41) is 38.3. The lowest BCUT2D eigenvalue weighted by Crippen LogP contribution is -2.51. The van der Waals surface area contributed by atoms with Gasteiger partial charge in [-0.15, -0.1) is 10.2 Å². The molecule has 1 heterocycles. The normalized spacial score (nSPS) is 13.3. The molecule has 28 heavy (non-hydrogen) atoms. The highest BCUT2D eigenvalue weighted by molar-refractivity contribution is 5.82. The number of rotatable bonds is 9. The van der Waals surface area contributed by atoms with Crippen LogP contribution in [0.5, 0.6) is 0 Å². The Morgan fingerprint density at radius 1 is 1.21 bits per heavy atom. The maximum absolute atomic E-state index is 11.6. The van der Waals surface area contributed by atoms with E-state index in [2.05, 4.69) is 26.6 Å². The molecule has 1 aromatic heterocycles. The first-order chi connectivity index (χ1) is 12.9. The second kappa shape index (κ2) is 12.2. The smallest absolute Gasteiger partial charge is 0.328 e. The third-order valence-corrected chi connectivity index (χ3v) is 2.90. The van der Waals surface area contributed by atoms with Crippen molar-refractivity contribution in [2.75, 3.05) is 0 Å². The van der Waals surface area contributed by atoms with E-state index in [9.17, 15) is 24.3 Å². The van der Waals surface area contributed by atoms with E-state index in [1.807, 2.05) is 0 Å². The molecule has 3 amide bonds. The van der Waals surface area contributed by atoms with Crippen molar-refractivity contribution in [2.24, 2.45) is 11.5 Å². The van der Waals surface area contributed by atoms with E-state index in [0.29, 0.717) is 0 Å².